The van der Waals surface area contributed by atoms with Crippen molar-refractivity contribution >= 4 is 23.4 Å². The predicted octanol–water partition coefficient (Wildman–Crippen LogP) is 3.61. The van der Waals surface area contributed by atoms with Crippen LogP contribution in [-0.4, -0.2) is 23.0 Å². The van der Waals surface area contributed by atoms with Crippen molar-refractivity contribution in [1.29, 1.82) is 0 Å². The number of rotatable bonds is 2. The molecule has 2 aromatic rings. The summed E-state index contributed by atoms with van der Waals surface area (Å²) in [6.07, 6.45) is -5.49. The summed E-state index contributed by atoms with van der Waals surface area (Å²) in [5, 5.41) is 6.27. The SMILES string of the molecule is COC(=O)Nc1cc(-c2nn(C)c(C(F)(F)F)cc2=O)c(C)cc1Cl. The van der Waals surface area contributed by atoms with Gasteiger partial charge in [0, 0.05) is 18.7 Å². The molecule has 0 bridgehead atoms. The zero-order valence-corrected chi connectivity index (χ0v) is 14.1. The van der Waals surface area contributed by atoms with Gasteiger partial charge in [0.05, 0.1) is 17.8 Å². The maximum absolute atomic E-state index is 12.9. The number of carbonyl (C=O) groups excluding carboxylic acids is 1. The maximum atomic E-state index is 12.9. The van der Waals surface area contributed by atoms with Crippen LogP contribution in [0.4, 0.5) is 23.7 Å². The van der Waals surface area contributed by atoms with E-state index >= 15 is 0 Å². The normalized spacial score (nSPS) is 11.3. The summed E-state index contributed by atoms with van der Waals surface area (Å²) in [6, 6.07) is 3.29. The number of halogens is 4. The van der Waals surface area contributed by atoms with Gasteiger partial charge in [-0.1, -0.05) is 11.6 Å². The van der Waals surface area contributed by atoms with E-state index in [0.29, 0.717) is 16.3 Å². The number of hydrogen-bond acceptors (Lipinski definition) is 4. The highest BCUT2D eigenvalue weighted by Gasteiger charge is 2.34. The molecule has 0 aliphatic rings. The van der Waals surface area contributed by atoms with E-state index in [4.69, 9.17) is 11.6 Å². The summed E-state index contributed by atoms with van der Waals surface area (Å²) in [7, 11) is 2.25. The Bertz CT molecular complexity index is 894. The number of hydrogen-bond donors (Lipinski definition) is 1. The molecule has 1 aromatic heterocycles. The van der Waals surface area contributed by atoms with Crippen LogP contribution >= 0.6 is 11.6 Å². The summed E-state index contributed by atoms with van der Waals surface area (Å²) >= 11 is 6.02. The van der Waals surface area contributed by atoms with Crippen molar-refractivity contribution in [2.24, 2.45) is 7.05 Å². The van der Waals surface area contributed by atoms with Crippen LogP contribution in [0.15, 0.2) is 23.0 Å². The highest BCUT2D eigenvalue weighted by Crippen LogP contribution is 2.32. The zero-order chi connectivity index (χ0) is 18.9. The van der Waals surface area contributed by atoms with Gasteiger partial charge in [-0.2, -0.15) is 18.3 Å². The van der Waals surface area contributed by atoms with E-state index < -0.39 is 23.4 Å². The second-order valence-corrected chi connectivity index (χ2v) is 5.53. The molecule has 0 saturated carbocycles. The molecule has 6 nitrogen and oxygen atoms in total. The molecule has 25 heavy (non-hydrogen) atoms. The van der Waals surface area contributed by atoms with Crippen LogP contribution in [0.1, 0.15) is 11.3 Å². The molecule has 0 unspecified atom stereocenters. The summed E-state index contributed by atoms with van der Waals surface area (Å²) in [5.41, 5.74) is -1.38. The van der Waals surface area contributed by atoms with Gasteiger partial charge in [-0.25, -0.2) is 4.79 Å². The Labute approximate surface area is 145 Å². The molecule has 0 aliphatic heterocycles. The largest absolute Gasteiger partial charge is 0.453 e. The van der Waals surface area contributed by atoms with E-state index in [2.05, 4.69) is 15.2 Å². The molecule has 1 aromatic carbocycles. The van der Waals surface area contributed by atoms with Crippen molar-refractivity contribution < 1.29 is 22.7 Å². The van der Waals surface area contributed by atoms with Crippen molar-refractivity contribution in [1.82, 2.24) is 9.78 Å². The Hall–Kier alpha value is -2.55. The highest BCUT2D eigenvalue weighted by atomic mass is 35.5. The number of aromatic nitrogens is 2. The van der Waals surface area contributed by atoms with E-state index in [1.807, 2.05) is 0 Å². The lowest BCUT2D eigenvalue weighted by molar-refractivity contribution is -0.144. The van der Waals surface area contributed by atoms with E-state index in [1.54, 1.807) is 6.92 Å². The molecular weight excluding hydrogens is 363 g/mol. The van der Waals surface area contributed by atoms with Crippen molar-refractivity contribution in [3.63, 3.8) is 0 Å². The van der Waals surface area contributed by atoms with Crippen LogP contribution in [0.2, 0.25) is 5.02 Å². The number of anilines is 1. The third-order valence-electron chi connectivity index (χ3n) is 3.38. The van der Waals surface area contributed by atoms with E-state index in [9.17, 15) is 22.8 Å². The summed E-state index contributed by atoms with van der Waals surface area (Å²) in [5.74, 6) is 0. The number of alkyl halides is 3. The van der Waals surface area contributed by atoms with Crippen molar-refractivity contribution in [3.05, 3.63) is 44.7 Å². The third kappa shape index (κ3) is 3.93. The van der Waals surface area contributed by atoms with E-state index in [0.717, 1.165) is 14.2 Å². The van der Waals surface area contributed by atoms with Gasteiger partial charge in [0.1, 0.15) is 11.4 Å². The van der Waals surface area contributed by atoms with Gasteiger partial charge in [0.15, 0.2) is 0 Å². The molecule has 10 heteroatoms. The Balaban J connectivity index is 2.62. The Morgan fingerprint density at radius 1 is 1.32 bits per heavy atom. The Morgan fingerprint density at radius 2 is 1.96 bits per heavy atom. The van der Waals surface area contributed by atoms with Crippen molar-refractivity contribution in [2.45, 2.75) is 13.1 Å². The quantitative estimate of drug-likeness (QED) is 0.870. The van der Waals surface area contributed by atoms with Gasteiger partial charge in [-0.3, -0.25) is 14.8 Å². The highest BCUT2D eigenvalue weighted by molar-refractivity contribution is 6.33. The first-order chi connectivity index (χ1) is 11.5. The smallest absolute Gasteiger partial charge is 0.433 e. The molecule has 0 spiro atoms. The van der Waals surface area contributed by atoms with Gasteiger partial charge in [-0.05, 0) is 24.6 Å². The first-order valence-electron chi connectivity index (χ1n) is 6.85. The van der Waals surface area contributed by atoms with Crippen molar-refractivity contribution in [3.8, 4) is 11.3 Å². The zero-order valence-electron chi connectivity index (χ0n) is 13.4. The lowest BCUT2D eigenvalue weighted by Gasteiger charge is -2.14. The van der Waals surface area contributed by atoms with Crippen molar-refractivity contribution in [2.75, 3.05) is 12.4 Å². The minimum absolute atomic E-state index is 0.137. The van der Waals surface area contributed by atoms with E-state index in [1.165, 1.54) is 12.1 Å². The molecule has 1 amide bonds. The maximum Gasteiger partial charge on any atom is 0.433 e. The molecule has 0 aliphatic carbocycles. The number of carbonyl (C=O) groups is 1. The van der Waals surface area contributed by atoms with Gasteiger partial charge in [-0.15, -0.1) is 0 Å². The summed E-state index contributed by atoms with van der Waals surface area (Å²) in [6.45, 7) is 1.61. The number of nitrogens with zero attached hydrogens (tertiary/aromatic N) is 2. The second-order valence-electron chi connectivity index (χ2n) is 5.13. The summed E-state index contributed by atoms with van der Waals surface area (Å²) in [4.78, 5) is 23.5. The minimum Gasteiger partial charge on any atom is -0.453 e. The number of nitrogens with one attached hydrogen (secondary N) is 1. The van der Waals surface area contributed by atoms with Gasteiger partial charge in [0.25, 0.3) is 0 Å². The molecule has 134 valence electrons. The summed E-state index contributed by atoms with van der Waals surface area (Å²) < 4.78 is 43.6. The first-order valence-corrected chi connectivity index (χ1v) is 7.23. The molecule has 1 heterocycles. The van der Waals surface area contributed by atoms with Crippen LogP contribution in [0, 0.1) is 6.92 Å². The van der Waals surface area contributed by atoms with Crippen LogP contribution in [-0.2, 0) is 18.0 Å². The average molecular weight is 376 g/mol. The Kier molecular flexibility index (Phi) is 5.07. The number of amides is 1. The lowest BCUT2D eigenvalue weighted by atomic mass is 10.0. The topological polar surface area (TPSA) is 73.2 Å². The van der Waals surface area contributed by atoms with E-state index in [-0.39, 0.29) is 22.0 Å². The number of aryl methyl sites for hydroxylation is 2. The van der Waals surface area contributed by atoms with Gasteiger partial charge in [0.2, 0.25) is 5.43 Å². The van der Waals surface area contributed by atoms with Crippen LogP contribution in [0.3, 0.4) is 0 Å². The molecule has 0 fully saturated rings. The monoisotopic (exact) mass is 375 g/mol. The molecule has 0 saturated heterocycles. The van der Waals surface area contributed by atoms with Crippen LogP contribution in [0.5, 0.6) is 0 Å². The number of methoxy groups -OCH3 is 1. The predicted molar refractivity (Wildman–Crippen MR) is 85.7 cm³/mol. The fraction of sp³-hybridized carbons (Fsp3) is 0.267. The minimum atomic E-state index is -4.70. The van der Waals surface area contributed by atoms with Crippen LogP contribution < -0.4 is 10.7 Å². The standard InChI is InChI=1S/C15H13ClF3N3O3/c1-7-4-9(16)10(20-14(24)25-3)5-8(7)13-11(23)6-12(15(17,18)19)22(2)21-13/h4-6H,1-3H3,(H,20,24). The molecule has 0 radical (unpaired) electrons. The molecule has 2 rings (SSSR count). The number of ether oxygens (including phenoxy) is 1. The fourth-order valence-electron chi connectivity index (χ4n) is 2.18. The third-order valence-corrected chi connectivity index (χ3v) is 3.69. The Morgan fingerprint density at radius 3 is 2.52 bits per heavy atom. The first kappa shape index (κ1) is 18.8. The van der Waals surface area contributed by atoms with Crippen LogP contribution in [0.25, 0.3) is 11.3 Å². The molecular formula is C15H13ClF3N3O3. The molecule has 0 atom stereocenters. The number of benzene rings is 1. The van der Waals surface area contributed by atoms with Gasteiger partial charge < -0.3 is 4.74 Å². The molecule has 1 N–H and O–H groups in total. The average Bonchev–Trinajstić information content (AvgIpc) is 2.50. The fourth-order valence-corrected chi connectivity index (χ4v) is 2.44. The second kappa shape index (κ2) is 6.75. The van der Waals surface area contributed by atoms with Gasteiger partial charge >= 0.3 is 12.3 Å². The lowest BCUT2D eigenvalue weighted by Crippen LogP contribution is -2.23.